The maximum atomic E-state index is 7.15. The molecule has 0 bridgehead atoms. The van der Waals surface area contributed by atoms with Gasteiger partial charge in [0.2, 0.25) is 0 Å². The highest BCUT2D eigenvalue weighted by molar-refractivity contribution is 7.25. The Kier molecular flexibility index (Phi) is 6.02. The van der Waals surface area contributed by atoms with Gasteiger partial charge < -0.3 is 14.1 Å². The predicted molar refractivity (Wildman–Crippen MR) is 225 cm³/mol. The van der Waals surface area contributed by atoms with Gasteiger partial charge in [-0.25, -0.2) is 0 Å². The van der Waals surface area contributed by atoms with Crippen LogP contribution in [0.4, 0.5) is 11.4 Å². The Labute approximate surface area is 310 Å². The number of benzene rings is 8. The van der Waals surface area contributed by atoms with Crippen molar-refractivity contribution in [3.8, 4) is 39.4 Å². The molecule has 8 aromatic carbocycles. The molecule has 0 aliphatic carbocycles. The minimum Gasteiger partial charge on any atom is -0.458 e. The van der Waals surface area contributed by atoms with Gasteiger partial charge in [-0.3, -0.25) is 0 Å². The molecule has 2 aromatic heterocycles. The number of ether oxygens (including phenoxy) is 1. The third-order valence-corrected chi connectivity index (χ3v) is 12.4. The quantitative estimate of drug-likeness (QED) is 0.172. The Morgan fingerprint density at radius 3 is 1.98 bits per heavy atom. The van der Waals surface area contributed by atoms with Crippen molar-refractivity contribution < 1.29 is 4.74 Å². The van der Waals surface area contributed by atoms with E-state index >= 15 is 0 Å². The molecule has 10 aromatic rings. The highest BCUT2D eigenvalue weighted by Gasteiger charge is 2.44. The summed E-state index contributed by atoms with van der Waals surface area (Å²) in [7, 11) is 0. The van der Waals surface area contributed by atoms with Gasteiger partial charge in [0.1, 0.15) is 11.5 Å². The van der Waals surface area contributed by atoms with E-state index in [9.17, 15) is 0 Å². The maximum Gasteiger partial charge on any atom is 0.336 e. The van der Waals surface area contributed by atoms with E-state index in [0.717, 1.165) is 33.9 Å². The lowest BCUT2D eigenvalue weighted by atomic mass is 9.44. The first-order valence-corrected chi connectivity index (χ1v) is 18.9. The summed E-state index contributed by atoms with van der Waals surface area (Å²) in [6.45, 7) is -0.0781. The van der Waals surface area contributed by atoms with Crippen molar-refractivity contribution in [2.24, 2.45) is 0 Å². The van der Waals surface area contributed by atoms with Crippen LogP contribution in [-0.2, 0) is 0 Å². The Balaban J connectivity index is 1.11. The van der Waals surface area contributed by atoms with Crippen LogP contribution in [-0.4, -0.2) is 11.4 Å². The third-order valence-electron chi connectivity index (χ3n) is 11.2. The highest BCUT2D eigenvalue weighted by Crippen LogP contribution is 2.46. The Morgan fingerprint density at radius 2 is 1.15 bits per heavy atom. The molecule has 0 spiro atoms. The maximum absolute atomic E-state index is 7.15. The summed E-state index contributed by atoms with van der Waals surface area (Å²) in [6.07, 6.45) is 0. The number of nitrogens with zero attached hydrogens (tertiary/aromatic N) is 2. The van der Waals surface area contributed by atoms with Gasteiger partial charge in [0, 0.05) is 65.1 Å². The first kappa shape index (κ1) is 29.1. The minimum atomic E-state index is -0.0781. The second kappa shape index (κ2) is 11.0. The average Bonchev–Trinajstić information content (AvgIpc) is 3.76. The second-order valence-corrected chi connectivity index (χ2v) is 15.1. The molecule has 53 heavy (non-hydrogen) atoms. The molecule has 0 atom stereocenters. The number of hydrogen-bond donors (Lipinski definition) is 0. The van der Waals surface area contributed by atoms with Crippen LogP contribution in [0.5, 0.6) is 11.5 Å². The SMILES string of the molecule is c1ccc(N2B3c4ccc(-n5c6ccccc6c6ccccc65)cc4Oc4cc(-c5ccc6sc7ccccc7c6c5)cc(c43)-c3ccccc32)cc1. The van der Waals surface area contributed by atoms with E-state index in [2.05, 4.69) is 185 Å². The summed E-state index contributed by atoms with van der Waals surface area (Å²) in [4.78, 5) is 2.51. The molecular weight excluding hydrogens is 663 g/mol. The van der Waals surface area contributed by atoms with Gasteiger partial charge in [0.05, 0.1) is 11.0 Å². The van der Waals surface area contributed by atoms with Crippen molar-refractivity contribution in [2.45, 2.75) is 0 Å². The smallest absolute Gasteiger partial charge is 0.336 e. The van der Waals surface area contributed by atoms with E-state index in [1.165, 1.54) is 69.8 Å². The van der Waals surface area contributed by atoms with Crippen LogP contribution >= 0.6 is 11.3 Å². The van der Waals surface area contributed by atoms with Gasteiger partial charge in [-0.05, 0) is 88.9 Å². The van der Waals surface area contributed by atoms with E-state index in [-0.39, 0.29) is 6.85 Å². The predicted octanol–water partition coefficient (Wildman–Crippen LogP) is 11.8. The molecule has 0 saturated carbocycles. The summed E-state index contributed by atoms with van der Waals surface area (Å²) in [6, 6.07) is 64.1. The molecule has 2 aliphatic rings. The fourth-order valence-electron chi connectivity index (χ4n) is 8.93. The Morgan fingerprint density at radius 1 is 0.453 bits per heavy atom. The van der Waals surface area contributed by atoms with Gasteiger partial charge in [0.15, 0.2) is 0 Å². The minimum absolute atomic E-state index is 0.0781. The number of fused-ring (bicyclic) bond motifs is 10. The lowest BCUT2D eigenvalue weighted by molar-refractivity contribution is 0.487. The largest absolute Gasteiger partial charge is 0.458 e. The number of anilines is 2. The van der Waals surface area contributed by atoms with E-state index < -0.39 is 0 Å². The van der Waals surface area contributed by atoms with E-state index in [4.69, 9.17) is 4.74 Å². The molecule has 0 fully saturated rings. The van der Waals surface area contributed by atoms with Crippen LogP contribution < -0.4 is 20.5 Å². The van der Waals surface area contributed by atoms with Crippen LogP contribution in [0.25, 0.3) is 69.9 Å². The standard InChI is InChI=1S/C48H29BN2OS/c1-2-12-32(13-3-1)51-43-20-10-6-16-36(43)39-27-31(30-22-25-47-38(26-30)37-17-7-11-21-46(37)53-47)28-45-48(39)49(51)40-24-23-33(29-44(40)52-45)50-41-18-8-4-14-34(41)35-15-5-9-19-42(35)50/h1-29H. The van der Waals surface area contributed by atoms with Crippen LogP contribution in [0.3, 0.4) is 0 Å². The normalized spacial score (nSPS) is 13.0. The first-order valence-electron chi connectivity index (χ1n) is 18.1. The molecular formula is C48H29BN2OS. The second-order valence-electron chi connectivity index (χ2n) is 14.1. The van der Waals surface area contributed by atoms with E-state index in [1.807, 2.05) is 11.3 Å². The van der Waals surface area contributed by atoms with Crippen molar-refractivity contribution >= 4 is 82.5 Å². The van der Waals surface area contributed by atoms with Crippen molar-refractivity contribution in [1.29, 1.82) is 0 Å². The number of hydrogen-bond acceptors (Lipinski definition) is 3. The fourth-order valence-corrected chi connectivity index (χ4v) is 10.0. The third kappa shape index (κ3) is 4.17. The Bertz CT molecular complexity index is 3070. The zero-order valence-electron chi connectivity index (χ0n) is 28.5. The summed E-state index contributed by atoms with van der Waals surface area (Å²) in [5.74, 6) is 1.78. The molecule has 0 unspecified atom stereocenters. The van der Waals surface area contributed by atoms with Crippen LogP contribution in [0.1, 0.15) is 0 Å². The molecule has 2 aliphatic heterocycles. The molecule has 0 N–H and O–H groups in total. The van der Waals surface area contributed by atoms with Crippen LogP contribution in [0.15, 0.2) is 176 Å². The van der Waals surface area contributed by atoms with Crippen LogP contribution in [0.2, 0.25) is 0 Å². The molecule has 12 rings (SSSR count). The summed E-state index contributed by atoms with van der Waals surface area (Å²) in [5.41, 5.74) is 12.9. The van der Waals surface area contributed by atoms with E-state index in [1.54, 1.807) is 0 Å². The van der Waals surface area contributed by atoms with Crippen LogP contribution in [0, 0.1) is 0 Å². The van der Waals surface area contributed by atoms with Gasteiger partial charge in [-0.15, -0.1) is 11.3 Å². The fraction of sp³-hybridized carbons (Fsp3) is 0. The molecule has 0 amide bonds. The molecule has 246 valence electrons. The molecule has 5 heteroatoms. The van der Waals surface area contributed by atoms with E-state index in [0.29, 0.717) is 0 Å². The highest BCUT2D eigenvalue weighted by atomic mass is 32.1. The van der Waals surface area contributed by atoms with Crippen molar-refractivity contribution in [3.05, 3.63) is 176 Å². The monoisotopic (exact) mass is 692 g/mol. The van der Waals surface area contributed by atoms with Gasteiger partial charge in [-0.2, -0.15) is 0 Å². The van der Waals surface area contributed by atoms with Gasteiger partial charge in [0.25, 0.3) is 0 Å². The molecule has 4 heterocycles. The average molecular weight is 693 g/mol. The molecule has 0 saturated heterocycles. The zero-order valence-corrected chi connectivity index (χ0v) is 29.3. The lowest BCUT2D eigenvalue weighted by Gasteiger charge is -2.42. The lowest BCUT2D eigenvalue weighted by Crippen LogP contribution is -2.59. The molecule has 0 radical (unpaired) electrons. The van der Waals surface area contributed by atoms with Crippen molar-refractivity contribution in [1.82, 2.24) is 4.57 Å². The molecule has 3 nitrogen and oxygen atoms in total. The van der Waals surface area contributed by atoms with Gasteiger partial charge >= 0.3 is 6.85 Å². The number of para-hydroxylation sites is 4. The number of rotatable bonds is 3. The number of aromatic nitrogens is 1. The first-order chi connectivity index (χ1) is 26.3. The van der Waals surface area contributed by atoms with Crippen molar-refractivity contribution in [2.75, 3.05) is 4.81 Å². The summed E-state index contributed by atoms with van der Waals surface area (Å²) in [5, 5.41) is 5.09. The topological polar surface area (TPSA) is 17.4 Å². The van der Waals surface area contributed by atoms with Crippen molar-refractivity contribution in [3.63, 3.8) is 0 Å². The zero-order chi connectivity index (χ0) is 34.6. The summed E-state index contributed by atoms with van der Waals surface area (Å²) < 4.78 is 12.1. The van der Waals surface area contributed by atoms with Gasteiger partial charge in [-0.1, -0.05) is 103 Å². The summed E-state index contributed by atoms with van der Waals surface area (Å²) >= 11 is 1.86. The number of thiophene rings is 1. The Hall–Kier alpha value is -6.56.